The van der Waals surface area contributed by atoms with Gasteiger partial charge < -0.3 is 9.80 Å². The normalized spacial score (nSPS) is 23.5. The molecular formula is C19H24N4. The van der Waals surface area contributed by atoms with E-state index in [-0.39, 0.29) is 0 Å². The van der Waals surface area contributed by atoms with Crippen LogP contribution in [0, 0.1) is 0 Å². The SMILES string of the molecule is C=CCN1c2cc3[nH]ncc3cc2N(CC=C)[C@H]2CCCC[C@H]21. The number of rotatable bonds is 4. The molecule has 1 aliphatic carbocycles. The Labute approximate surface area is 137 Å². The third kappa shape index (κ3) is 2.24. The van der Waals surface area contributed by atoms with Gasteiger partial charge in [-0.15, -0.1) is 13.2 Å². The average Bonchev–Trinajstić information content (AvgIpc) is 3.03. The highest BCUT2D eigenvalue weighted by Gasteiger charge is 2.39. The van der Waals surface area contributed by atoms with Crippen LogP contribution in [-0.2, 0) is 0 Å². The van der Waals surface area contributed by atoms with Crippen molar-refractivity contribution >= 4 is 22.3 Å². The Bertz CT molecular complexity index is 672. The molecule has 0 spiro atoms. The minimum Gasteiger partial charge on any atom is -0.361 e. The van der Waals surface area contributed by atoms with E-state index in [1.807, 2.05) is 18.3 Å². The number of anilines is 2. The average molecular weight is 308 g/mol. The minimum absolute atomic E-state index is 0.564. The summed E-state index contributed by atoms with van der Waals surface area (Å²) in [5.41, 5.74) is 3.71. The lowest BCUT2D eigenvalue weighted by molar-refractivity contribution is 0.344. The zero-order valence-corrected chi connectivity index (χ0v) is 13.5. The Morgan fingerprint density at radius 1 is 1.04 bits per heavy atom. The van der Waals surface area contributed by atoms with Gasteiger partial charge in [-0.25, -0.2) is 0 Å². The first kappa shape index (κ1) is 14.4. The molecule has 1 N–H and O–H groups in total. The second-order valence-electron chi connectivity index (χ2n) is 6.60. The quantitative estimate of drug-likeness (QED) is 0.871. The number of H-pyrrole nitrogens is 1. The molecule has 1 aromatic carbocycles. The molecule has 0 saturated heterocycles. The van der Waals surface area contributed by atoms with E-state index in [0.29, 0.717) is 12.1 Å². The molecule has 4 heteroatoms. The number of aromatic amines is 1. The molecule has 1 aliphatic heterocycles. The predicted octanol–water partition coefficient (Wildman–Crippen LogP) is 3.87. The van der Waals surface area contributed by atoms with E-state index in [1.54, 1.807) is 0 Å². The molecule has 4 nitrogen and oxygen atoms in total. The van der Waals surface area contributed by atoms with Gasteiger partial charge in [-0.05, 0) is 25.0 Å². The fourth-order valence-electron chi connectivity index (χ4n) is 4.35. The van der Waals surface area contributed by atoms with E-state index in [1.165, 1.54) is 42.4 Å². The monoisotopic (exact) mass is 308 g/mol. The molecule has 1 fully saturated rings. The molecule has 2 aliphatic rings. The molecule has 0 bridgehead atoms. The van der Waals surface area contributed by atoms with Gasteiger partial charge in [0, 0.05) is 30.6 Å². The largest absolute Gasteiger partial charge is 0.361 e. The van der Waals surface area contributed by atoms with Gasteiger partial charge in [0.1, 0.15) is 0 Å². The summed E-state index contributed by atoms with van der Waals surface area (Å²) in [5.74, 6) is 0. The summed E-state index contributed by atoms with van der Waals surface area (Å²) in [5, 5.41) is 8.48. The molecule has 2 heterocycles. The van der Waals surface area contributed by atoms with E-state index in [0.717, 1.165) is 18.6 Å². The van der Waals surface area contributed by atoms with Gasteiger partial charge >= 0.3 is 0 Å². The van der Waals surface area contributed by atoms with Crippen LogP contribution in [-0.4, -0.2) is 35.4 Å². The van der Waals surface area contributed by atoms with Crippen molar-refractivity contribution in [3.8, 4) is 0 Å². The second-order valence-corrected chi connectivity index (χ2v) is 6.60. The highest BCUT2D eigenvalue weighted by atomic mass is 15.3. The van der Waals surface area contributed by atoms with Crippen LogP contribution in [0.3, 0.4) is 0 Å². The van der Waals surface area contributed by atoms with Crippen LogP contribution in [0.5, 0.6) is 0 Å². The van der Waals surface area contributed by atoms with Crippen molar-refractivity contribution in [2.75, 3.05) is 22.9 Å². The fraction of sp³-hybridized carbons (Fsp3) is 0.421. The minimum atomic E-state index is 0.564. The van der Waals surface area contributed by atoms with Crippen LogP contribution >= 0.6 is 0 Å². The zero-order chi connectivity index (χ0) is 15.8. The van der Waals surface area contributed by atoms with Gasteiger partial charge in [0.25, 0.3) is 0 Å². The fourth-order valence-corrected chi connectivity index (χ4v) is 4.35. The molecule has 23 heavy (non-hydrogen) atoms. The first-order chi connectivity index (χ1) is 11.3. The summed E-state index contributed by atoms with van der Waals surface area (Å²) in [6, 6.07) is 5.66. The lowest BCUT2D eigenvalue weighted by Gasteiger charge is -2.52. The highest BCUT2D eigenvalue weighted by molar-refractivity contribution is 5.91. The van der Waals surface area contributed by atoms with Crippen molar-refractivity contribution < 1.29 is 0 Å². The number of benzene rings is 1. The number of nitrogens with one attached hydrogen (secondary N) is 1. The van der Waals surface area contributed by atoms with Crippen LogP contribution in [0.25, 0.3) is 10.9 Å². The van der Waals surface area contributed by atoms with Gasteiger partial charge in [-0.2, -0.15) is 5.10 Å². The molecule has 0 amide bonds. The molecule has 4 rings (SSSR count). The van der Waals surface area contributed by atoms with E-state index in [9.17, 15) is 0 Å². The smallest absolute Gasteiger partial charge is 0.0672 e. The summed E-state index contributed by atoms with van der Waals surface area (Å²) < 4.78 is 0. The van der Waals surface area contributed by atoms with Gasteiger partial charge in [0.2, 0.25) is 0 Å². The Balaban J connectivity index is 1.90. The summed E-state index contributed by atoms with van der Waals surface area (Å²) in [6.07, 6.45) is 11.1. The number of nitrogens with zero attached hydrogens (tertiary/aromatic N) is 3. The number of hydrogen-bond acceptors (Lipinski definition) is 3. The van der Waals surface area contributed by atoms with Crippen LogP contribution in [0.2, 0.25) is 0 Å². The predicted molar refractivity (Wildman–Crippen MR) is 97.2 cm³/mol. The Hall–Kier alpha value is -2.23. The lowest BCUT2D eigenvalue weighted by Crippen LogP contribution is -2.57. The molecule has 0 radical (unpaired) electrons. The molecule has 2 atom stereocenters. The first-order valence-corrected chi connectivity index (χ1v) is 8.55. The maximum Gasteiger partial charge on any atom is 0.0672 e. The molecular weight excluding hydrogens is 284 g/mol. The van der Waals surface area contributed by atoms with Crippen molar-refractivity contribution in [1.82, 2.24) is 10.2 Å². The third-order valence-corrected chi connectivity index (χ3v) is 5.30. The summed E-state index contributed by atoms with van der Waals surface area (Å²) in [7, 11) is 0. The molecule has 1 saturated carbocycles. The van der Waals surface area contributed by atoms with Crippen LogP contribution in [0.4, 0.5) is 11.4 Å². The van der Waals surface area contributed by atoms with Crippen molar-refractivity contribution in [2.24, 2.45) is 0 Å². The topological polar surface area (TPSA) is 35.2 Å². The van der Waals surface area contributed by atoms with E-state index in [2.05, 4.69) is 45.3 Å². The maximum absolute atomic E-state index is 4.20. The molecule has 120 valence electrons. The Kier molecular flexibility index (Phi) is 3.60. The summed E-state index contributed by atoms with van der Waals surface area (Å²) >= 11 is 0. The van der Waals surface area contributed by atoms with Crippen molar-refractivity contribution in [3.05, 3.63) is 43.6 Å². The number of hydrogen-bond donors (Lipinski definition) is 1. The van der Waals surface area contributed by atoms with Crippen LogP contribution < -0.4 is 9.80 Å². The van der Waals surface area contributed by atoms with Gasteiger partial charge in [-0.3, -0.25) is 5.10 Å². The summed E-state index contributed by atoms with van der Waals surface area (Å²) in [4.78, 5) is 5.10. The van der Waals surface area contributed by atoms with Gasteiger partial charge in [0.15, 0.2) is 0 Å². The zero-order valence-electron chi connectivity index (χ0n) is 13.5. The highest BCUT2D eigenvalue weighted by Crippen LogP contribution is 2.44. The van der Waals surface area contributed by atoms with Crippen LogP contribution in [0.15, 0.2) is 43.6 Å². The molecule has 1 aromatic heterocycles. The molecule has 2 aromatic rings. The number of aromatic nitrogens is 2. The third-order valence-electron chi connectivity index (χ3n) is 5.30. The number of fused-ring (bicyclic) bond motifs is 3. The van der Waals surface area contributed by atoms with E-state index < -0.39 is 0 Å². The van der Waals surface area contributed by atoms with E-state index >= 15 is 0 Å². The van der Waals surface area contributed by atoms with Crippen molar-refractivity contribution in [1.29, 1.82) is 0 Å². The second kappa shape index (κ2) is 5.76. The Morgan fingerprint density at radius 2 is 1.65 bits per heavy atom. The Morgan fingerprint density at radius 3 is 2.26 bits per heavy atom. The van der Waals surface area contributed by atoms with Crippen LogP contribution in [0.1, 0.15) is 25.7 Å². The molecule has 0 unspecified atom stereocenters. The van der Waals surface area contributed by atoms with E-state index in [4.69, 9.17) is 0 Å². The van der Waals surface area contributed by atoms with Gasteiger partial charge in [-0.1, -0.05) is 25.0 Å². The maximum atomic E-state index is 4.20. The standard InChI is InChI=1S/C19H24N4/c1-3-9-22-16-7-5-6-8-17(16)23(10-4-2)19-12-15-14(11-18(19)22)13-20-21-15/h3-4,11-13,16-17H,1-2,5-10H2,(H,20,21)/t16-,17+/m0/s1. The van der Waals surface area contributed by atoms with Crippen molar-refractivity contribution in [3.63, 3.8) is 0 Å². The van der Waals surface area contributed by atoms with Gasteiger partial charge in [0.05, 0.1) is 23.1 Å². The van der Waals surface area contributed by atoms with Crippen molar-refractivity contribution in [2.45, 2.75) is 37.8 Å². The first-order valence-electron chi connectivity index (χ1n) is 8.55. The lowest BCUT2D eigenvalue weighted by atomic mass is 9.85. The summed E-state index contributed by atoms with van der Waals surface area (Å²) in [6.45, 7) is 9.77.